The first kappa shape index (κ1) is 25.9. The normalized spacial score (nSPS) is 15.9. The fourth-order valence-electron chi connectivity index (χ4n) is 4.11. The molecule has 34 heavy (non-hydrogen) atoms. The van der Waals surface area contributed by atoms with E-state index < -0.39 is 11.8 Å². The first-order valence-electron chi connectivity index (χ1n) is 11.9. The van der Waals surface area contributed by atoms with Crippen molar-refractivity contribution in [2.24, 2.45) is 11.7 Å². The Hall–Kier alpha value is -2.75. The molecule has 1 atom stereocenters. The van der Waals surface area contributed by atoms with Gasteiger partial charge in [-0.3, -0.25) is 4.79 Å². The van der Waals surface area contributed by atoms with Crippen LogP contribution in [-0.2, 0) is 5.92 Å². The van der Waals surface area contributed by atoms with E-state index in [1.54, 1.807) is 6.07 Å². The van der Waals surface area contributed by atoms with Crippen molar-refractivity contribution < 1.29 is 22.8 Å². The first-order chi connectivity index (χ1) is 16.2. The molecule has 0 saturated carbocycles. The molecule has 3 N–H and O–H groups in total. The Balaban J connectivity index is 1.38. The topological polar surface area (TPSA) is 107 Å². The molecule has 3 rings (SSSR count). The second kappa shape index (κ2) is 11.6. The molecule has 2 aromatic rings. The Bertz CT molecular complexity index is 939. The van der Waals surface area contributed by atoms with E-state index in [2.05, 4.69) is 20.0 Å². The van der Waals surface area contributed by atoms with Crippen LogP contribution in [0.15, 0.2) is 22.7 Å². The number of nitrogens with zero attached hydrogens (tertiary/aromatic N) is 3. The molecule has 2 heterocycles. The number of amides is 1. The molecule has 1 amide bonds. The number of ether oxygens (including phenoxy) is 1. The van der Waals surface area contributed by atoms with Crippen LogP contribution in [0.2, 0.25) is 0 Å². The van der Waals surface area contributed by atoms with E-state index in [1.807, 2.05) is 30.9 Å². The van der Waals surface area contributed by atoms with Crippen LogP contribution in [0.5, 0.6) is 5.75 Å². The van der Waals surface area contributed by atoms with Crippen LogP contribution in [0.3, 0.4) is 0 Å². The summed E-state index contributed by atoms with van der Waals surface area (Å²) in [5, 5.41) is 6.65. The van der Waals surface area contributed by atoms with Crippen molar-refractivity contribution in [3.8, 4) is 5.75 Å². The zero-order valence-corrected chi connectivity index (χ0v) is 20.2. The lowest BCUT2D eigenvalue weighted by Gasteiger charge is -2.30. The number of piperidine rings is 1. The van der Waals surface area contributed by atoms with Gasteiger partial charge < -0.3 is 25.2 Å². The monoisotopic (exact) mass is 479 g/mol. The minimum absolute atomic E-state index is 0.0328. The quantitative estimate of drug-likeness (QED) is 0.469. The highest BCUT2D eigenvalue weighted by atomic mass is 19.3. The molecular formula is C24H35F2N5O3. The van der Waals surface area contributed by atoms with Crippen LogP contribution in [0.4, 0.5) is 14.7 Å². The second-order valence-electron chi connectivity index (χ2n) is 9.14. The number of nitrogens with one attached hydrogen (secondary N) is 1. The molecule has 188 valence electrons. The Morgan fingerprint density at radius 3 is 2.74 bits per heavy atom. The van der Waals surface area contributed by atoms with Gasteiger partial charge in [0.05, 0.1) is 6.61 Å². The van der Waals surface area contributed by atoms with E-state index >= 15 is 0 Å². The average Bonchev–Trinajstić information content (AvgIpc) is 3.28. The maximum atomic E-state index is 13.3. The van der Waals surface area contributed by atoms with Gasteiger partial charge in [-0.1, -0.05) is 0 Å². The number of halogens is 2. The number of hydrogen-bond acceptors (Lipinski definition) is 7. The molecule has 0 spiro atoms. The third-order valence-corrected chi connectivity index (χ3v) is 6.13. The summed E-state index contributed by atoms with van der Waals surface area (Å²) < 4.78 is 37.2. The van der Waals surface area contributed by atoms with E-state index in [1.165, 1.54) is 0 Å². The van der Waals surface area contributed by atoms with Crippen LogP contribution in [0.25, 0.3) is 0 Å². The Labute approximate surface area is 199 Å². The Morgan fingerprint density at radius 2 is 2.12 bits per heavy atom. The minimum Gasteiger partial charge on any atom is -0.494 e. The number of aryl methyl sites for hydroxylation is 1. The van der Waals surface area contributed by atoms with Crippen molar-refractivity contribution >= 4 is 11.9 Å². The summed E-state index contributed by atoms with van der Waals surface area (Å²) in [6.07, 6.45) is 4.56. The van der Waals surface area contributed by atoms with Gasteiger partial charge in [0.15, 0.2) is 0 Å². The number of anilines is 1. The Morgan fingerprint density at radius 1 is 1.38 bits per heavy atom. The highest BCUT2D eigenvalue weighted by Gasteiger charge is 2.33. The molecule has 0 bridgehead atoms. The first-order valence-corrected chi connectivity index (χ1v) is 11.9. The smallest absolute Gasteiger partial charge is 0.322 e. The van der Waals surface area contributed by atoms with Crippen molar-refractivity contribution in [2.75, 3.05) is 31.1 Å². The molecule has 1 aromatic heterocycles. The average molecular weight is 480 g/mol. The molecule has 8 nitrogen and oxygen atoms in total. The predicted octanol–water partition coefficient (Wildman–Crippen LogP) is 4.03. The van der Waals surface area contributed by atoms with Gasteiger partial charge in [0, 0.05) is 31.6 Å². The zero-order chi connectivity index (χ0) is 24.7. The summed E-state index contributed by atoms with van der Waals surface area (Å²) in [6, 6.07) is 5.54. The summed E-state index contributed by atoms with van der Waals surface area (Å²) in [7, 11) is 0. The van der Waals surface area contributed by atoms with E-state index in [0.29, 0.717) is 37.7 Å². The number of carbonyl (C=O) groups excluding carboxylic acids is 1. The number of carbonyl (C=O) groups is 1. The lowest BCUT2D eigenvalue weighted by atomic mass is 9.92. The maximum Gasteiger partial charge on any atom is 0.322 e. The third-order valence-electron chi connectivity index (χ3n) is 6.13. The van der Waals surface area contributed by atoms with E-state index in [-0.39, 0.29) is 17.9 Å². The molecule has 0 unspecified atom stereocenters. The number of hydrogen-bond donors (Lipinski definition) is 2. The fourth-order valence-corrected chi connectivity index (χ4v) is 4.11. The molecular weight excluding hydrogens is 444 g/mol. The van der Waals surface area contributed by atoms with Crippen LogP contribution < -0.4 is 20.7 Å². The van der Waals surface area contributed by atoms with Gasteiger partial charge in [0.2, 0.25) is 0 Å². The van der Waals surface area contributed by atoms with Crippen LogP contribution in [0, 0.1) is 12.8 Å². The van der Waals surface area contributed by atoms with Gasteiger partial charge in [0.1, 0.15) is 5.75 Å². The van der Waals surface area contributed by atoms with Gasteiger partial charge in [-0.15, -0.1) is 0 Å². The lowest BCUT2D eigenvalue weighted by Crippen LogP contribution is -2.34. The molecule has 0 radical (unpaired) electrons. The second-order valence-corrected chi connectivity index (χ2v) is 9.14. The van der Waals surface area contributed by atoms with Crippen molar-refractivity contribution in [3.63, 3.8) is 0 Å². The van der Waals surface area contributed by atoms with Crippen LogP contribution in [0.1, 0.15) is 67.8 Å². The van der Waals surface area contributed by atoms with Gasteiger partial charge in [-0.25, -0.2) is 0 Å². The van der Waals surface area contributed by atoms with Crippen molar-refractivity contribution in [1.29, 1.82) is 0 Å². The summed E-state index contributed by atoms with van der Waals surface area (Å²) in [4.78, 5) is 18.1. The highest BCUT2D eigenvalue weighted by Crippen LogP contribution is 2.29. The van der Waals surface area contributed by atoms with Crippen LogP contribution in [-0.4, -0.2) is 48.3 Å². The number of aromatic nitrogens is 2. The van der Waals surface area contributed by atoms with Crippen LogP contribution >= 0.6 is 0 Å². The fraction of sp³-hybridized carbons (Fsp3) is 0.625. The number of rotatable bonds is 11. The number of alkyl halides is 2. The number of benzene rings is 1. The minimum atomic E-state index is -3.13. The summed E-state index contributed by atoms with van der Waals surface area (Å²) in [5.74, 6) is -2.34. The summed E-state index contributed by atoms with van der Waals surface area (Å²) in [6.45, 7) is 7.15. The highest BCUT2D eigenvalue weighted by molar-refractivity contribution is 5.95. The number of nitrogens with two attached hydrogens (primary N) is 1. The summed E-state index contributed by atoms with van der Waals surface area (Å²) in [5.41, 5.74) is 7.05. The predicted molar refractivity (Wildman–Crippen MR) is 125 cm³/mol. The largest absolute Gasteiger partial charge is 0.494 e. The van der Waals surface area contributed by atoms with Crippen molar-refractivity contribution in [2.45, 2.75) is 64.8 Å². The molecule has 1 aromatic carbocycles. The van der Waals surface area contributed by atoms with E-state index in [9.17, 15) is 13.6 Å². The Kier molecular flexibility index (Phi) is 8.82. The molecule has 1 aliphatic rings. The maximum absolute atomic E-state index is 13.3. The molecule has 1 aliphatic heterocycles. The van der Waals surface area contributed by atoms with Gasteiger partial charge >= 0.3 is 5.92 Å². The lowest BCUT2D eigenvalue weighted by molar-refractivity contribution is -0.0158. The van der Waals surface area contributed by atoms with Crippen molar-refractivity contribution in [3.05, 3.63) is 35.2 Å². The SMILES string of the molecule is Cc1cc(OCCCC2CCN(c3noc(C(C)(F)F)n3)CC2)ccc1C(=O)N[C@H](C)CCN. The van der Waals surface area contributed by atoms with Gasteiger partial charge in [-0.2, -0.15) is 13.8 Å². The third kappa shape index (κ3) is 7.12. The summed E-state index contributed by atoms with van der Waals surface area (Å²) >= 11 is 0. The van der Waals surface area contributed by atoms with Gasteiger partial charge in [-0.05, 0) is 87.3 Å². The van der Waals surface area contributed by atoms with E-state index in [4.69, 9.17) is 10.5 Å². The molecule has 1 fully saturated rings. The molecule has 10 heteroatoms. The zero-order valence-electron chi connectivity index (χ0n) is 20.2. The molecule has 1 saturated heterocycles. The van der Waals surface area contributed by atoms with Crippen molar-refractivity contribution in [1.82, 2.24) is 15.5 Å². The van der Waals surface area contributed by atoms with Gasteiger partial charge in [0.25, 0.3) is 17.7 Å². The standard InChI is InChI=1S/C24H35F2N5O3/c1-16-15-19(6-7-20(16)21(32)28-17(2)8-11-27)33-14-4-5-18-9-12-31(13-10-18)23-29-22(34-30-23)24(3,25)26/h6-7,15,17-18H,4-5,8-14,27H2,1-3H3,(H,28,32)/t17-/m1/s1. The van der Waals surface area contributed by atoms with E-state index in [0.717, 1.165) is 50.3 Å². The molecule has 0 aliphatic carbocycles.